The molecule has 0 bridgehead atoms. The van der Waals surface area contributed by atoms with Gasteiger partial charge in [-0.3, -0.25) is 4.79 Å². The van der Waals surface area contributed by atoms with Crippen LogP contribution in [0.4, 0.5) is 5.82 Å². The molecule has 5 nitrogen and oxygen atoms in total. The topological polar surface area (TPSA) is 72.9 Å². The van der Waals surface area contributed by atoms with Gasteiger partial charge in [0.1, 0.15) is 0 Å². The van der Waals surface area contributed by atoms with Gasteiger partial charge in [-0.2, -0.15) is 0 Å². The van der Waals surface area contributed by atoms with Gasteiger partial charge in [-0.15, -0.1) is 0 Å². The zero-order valence-corrected chi connectivity index (χ0v) is 11.6. The van der Waals surface area contributed by atoms with Crippen molar-refractivity contribution in [1.29, 1.82) is 0 Å². The third-order valence-electron chi connectivity index (χ3n) is 3.76. The predicted octanol–water partition coefficient (Wildman–Crippen LogP) is 1.58. The Balaban J connectivity index is 1.95. The van der Waals surface area contributed by atoms with E-state index in [1.54, 1.807) is 17.0 Å². The Bertz CT molecular complexity index is 457. The molecule has 2 unspecified atom stereocenters. The van der Waals surface area contributed by atoms with Gasteiger partial charge in [-0.25, -0.2) is 4.98 Å². The van der Waals surface area contributed by atoms with Crippen LogP contribution in [0.25, 0.3) is 0 Å². The Morgan fingerprint density at radius 1 is 1.53 bits per heavy atom. The number of anilines is 1. The van der Waals surface area contributed by atoms with Crippen LogP contribution in [-0.2, 0) is 6.54 Å². The molecule has 0 aromatic carbocycles. The average molecular weight is 264 g/mol. The summed E-state index contributed by atoms with van der Waals surface area (Å²) in [6, 6.07) is 0.320. The summed E-state index contributed by atoms with van der Waals surface area (Å²) >= 11 is 0. The van der Waals surface area contributed by atoms with E-state index in [1.807, 2.05) is 0 Å². The van der Waals surface area contributed by atoms with E-state index < -0.39 is 0 Å². The summed E-state index contributed by atoms with van der Waals surface area (Å²) in [5.41, 5.74) is 5.95. The van der Waals surface area contributed by atoms with Crippen LogP contribution in [-0.4, -0.2) is 22.1 Å². The fraction of sp³-hybridized carbons (Fsp3) is 0.714. The summed E-state index contributed by atoms with van der Waals surface area (Å²) in [6.07, 6.45) is 8.93. The van der Waals surface area contributed by atoms with Crippen molar-refractivity contribution in [3.63, 3.8) is 0 Å². The van der Waals surface area contributed by atoms with Crippen molar-refractivity contribution < 1.29 is 0 Å². The molecule has 1 saturated carbocycles. The van der Waals surface area contributed by atoms with Crippen molar-refractivity contribution in [2.75, 3.05) is 11.9 Å². The molecular formula is C14H24N4O. The molecule has 3 N–H and O–H groups in total. The first-order valence-electron chi connectivity index (χ1n) is 7.25. The Morgan fingerprint density at radius 2 is 2.37 bits per heavy atom. The van der Waals surface area contributed by atoms with E-state index in [1.165, 1.54) is 12.8 Å². The van der Waals surface area contributed by atoms with Gasteiger partial charge >= 0.3 is 0 Å². The number of nitrogens with two attached hydrogens (primary N) is 1. The molecule has 1 heterocycles. The third kappa shape index (κ3) is 3.80. The third-order valence-corrected chi connectivity index (χ3v) is 3.76. The molecule has 19 heavy (non-hydrogen) atoms. The fourth-order valence-corrected chi connectivity index (χ4v) is 2.74. The normalized spacial score (nSPS) is 23.3. The maximum Gasteiger partial charge on any atom is 0.293 e. The lowest BCUT2D eigenvalue weighted by molar-refractivity contribution is 0.334. The van der Waals surface area contributed by atoms with Gasteiger partial charge in [0.2, 0.25) is 0 Å². The lowest BCUT2D eigenvalue weighted by Gasteiger charge is -2.26. The summed E-state index contributed by atoms with van der Waals surface area (Å²) in [6.45, 7) is 3.60. The molecule has 0 amide bonds. The van der Waals surface area contributed by atoms with Gasteiger partial charge in [0.25, 0.3) is 5.56 Å². The summed E-state index contributed by atoms with van der Waals surface area (Å²) in [7, 11) is 0. The standard InChI is InChI=1S/C14H24N4O/c1-2-7-18-8-6-16-13(14(18)19)17-10-11-4-3-5-12(15)9-11/h6,8,11-12H,2-5,7,9-10,15H2,1H3,(H,16,17). The molecule has 106 valence electrons. The molecule has 5 heteroatoms. The zero-order chi connectivity index (χ0) is 13.7. The van der Waals surface area contributed by atoms with Gasteiger partial charge < -0.3 is 15.6 Å². The monoisotopic (exact) mass is 264 g/mol. The van der Waals surface area contributed by atoms with Crippen LogP contribution < -0.4 is 16.6 Å². The van der Waals surface area contributed by atoms with Crippen molar-refractivity contribution in [3.05, 3.63) is 22.7 Å². The Kier molecular flexibility index (Phi) is 4.96. The number of nitrogens with zero attached hydrogens (tertiary/aromatic N) is 2. The van der Waals surface area contributed by atoms with Crippen molar-refractivity contribution in [2.45, 2.75) is 51.6 Å². The molecule has 0 saturated heterocycles. The maximum atomic E-state index is 12.1. The second kappa shape index (κ2) is 6.70. The summed E-state index contributed by atoms with van der Waals surface area (Å²) in [5, 5.41) is 3.20. The molecule has 1 aliphatic rings. The summed E-state index contributed by atoms with van der Waals surface area (Å²) < 4.78 is 1.71. The van der Waals surface area contributed by atoms with Crippen LogP contribution in [0.2, 0.25) is 0 Å². The molecule has 1 fully saturated rings. The molecule has 0 aliphatic heterocycles. The zero-order valence-electron chi connectivity index (χ0n) is 11.6. The molecule has 1 aliphatic carbocycles. The first-order chi connectivity index (χ1) is 9.20. The highest BCUT2D eigenvalue weighted by atomic mass is 16.1. The summed E-state index contributed by atoms with van der Waals surface area (Å²) in [5.74, 6) is 1.03. The second-order valence-electron chi connectivity index (χ2n) is 5.45. The molecule has 1 aromatic heterocycles. The Morgan fingerprint density at radius 3 is 3.11 bits per heavy atom. The van der Waals surface area contributed by atoms with Crippen LogP contribution in [0, 0.1) is 5.92 Å². The number of nitrogens with one attached hydrogen (secondary N) is 1. The highest BCUT2D eigenvalue weighted by Crippen LogP contribution is 2.22. The van der Waals surface area contributed by atoms with Gasteiger partial charge in [0.05, 0.1) is 0 Å². The van der Waals surface area contributed by atoms with E-state index in [4.69, 9.17) is 5.73 Å². The van der Waals surface area contributed by atoms with Gasteiger partial charge in [-0.05, 0) is 31.6 Å². The fourth-order valence-electron chi connectivity index (χ4n) is 2.74. The smallest absolute Gasteiger partial charge is 0.293 e. The van der Waals surface area contributed by atoms with Crippen LogP contribution in [0.5, 0.6) is 0 Å². The first kappa shape index (κ1) is 14.1. The minimum Gasteiger partial charge on any atom is -0.365 e. The Labute approximate surface area is 114 Å². The number of aromatic nitrogens is 2. The largest absolute Gasteiger partial charge is 0.365 e. The van der Waals surface area contributed by atoms with Crippen LogP contribution in [0.1, 0.15) is 39.0 Å². The average Bonchev–Trinajstić information content (AvgIpc) is 2.40. The van der Waals surface area contributed by atoms with Crippen molar-refractivity contribution >= 4 is 5.82 Å². The number of aryl methyl sites for hydroxylation is 1. The number of hydrogen-bond donors (Lipinski definition) is 2. The van der Waals surface area contributed by atoms with Crippen LogP contribution >= 0.6 is 0 Å². The van der Waals surface area contributed by atoms with Crippen molar-refractivity contribution in [1.82, 2.24) is 9.55 Å². The SMILES string of the molecule is CCCn1ccnc(NCC2CCCC(N)C2)c1=O. The minimum atomic E-state index is -0.0237. The highest BCUT2D eigenvalue weighted by Gasteiger charge is 2.19. The van der Waals surface area contributed by atoms with E-state index >= 15 is 0 Å². The van der Waals surface area contributed by atoms with E-state index in [2.05, 4.69) is 17.2 Å². The van der Waals surface area contributed by atoms with Crippen molar-refractivity contribution in [3.8, 4) is 0 Å². The molecule has 0 spiro atoms. The lowest BCUT2D eigenvalue weighted by Crippen LogP contribution is -2.32. The molecule has 1 aromatic rings. The molecule has 2 atom stereocenters. The molecule has 0 radical (unpaired) electrons. The highest BCUT2D eigenvalue weighted by molar-refractivity contribution is 5.30. The van der Waals surface area contributed by atoms with E-state index in [0.717, 1.165) is 32.4 Å². The van der Waals surface area contributed by atoms with Crippen LogP contribution in [0.15, 0.2) is 17.2 Å². The number of hydrogen-bond acceptors (Lipinski definition) is 4. The molecule has 2 rings (SSSR count). The Hall–Kier alpha value is -1.36. The van der Waals surface area contributed by atoms with E-state index in [-0.39, 0.29) is 5.56 Å². The van der Waals surface area contributed by atoms with Crippen LogP contribution in [0.3, 0.4) is 0 Å². The maximum absolute atomic E-state index is 12.1. The van der Waals surface area contributed by atoms with Gasteiger partial charge in [0, 0.05) is 31.5 Å². The lowest BCUT2D eigenvalue weighted by atomic mass is 9.86. The van der Waals surface area contributed by atoms with Crippen molar-refractivity contribution in [2.24, 2.45) is 11.7 Å². The number of rotatable bonds is 5. The molecular weight excluding hydrogens is 240 g/mol. The van der Waals surface area contributed by atoms with Gasteiger partial charge in [0.15, 0.2) is 5.82 Å². The summed E-state index contributed by atoms with van der Waals surface area (Å²) in [4.78, 5) is 16.3. The first-order valence-corrected chi connectivity index (χ1v) is 7.25. The van der Waals surface area contributed by atoms with Gasteiger partial charge in [-0.1, -0.05) is 13.3 Å². The second-order valence-corrected chi connectivity index (χ2v) is 5.45. The predicted molar refractivity (Wildman–Crippen MR) is 77.2 cm³/mol. The van der Waals surface area contributed by atoms with E-state index in [0.29, 0.717) is 17.8 Å². The quantitative estimate of drug-likeness (QED) is 0.847. The minimum absolute atomic E-state index is 0.0237. The van der Waals surface area contributed by atoms with E-state index in [9.17, 15) is 4.79 Å².